The molecule has 0 aliphatic rings. The Hall–Kier alpha value is -3.83. The molecule has 0 saturated heterocycles. The van der Waals surface area contributed by atoms with Gasteiger partial charge < -0.3 is 14.2 Å². The molecule has 0 unspecified atom stereocenters. The van der Waals surface area contributed by atoms with Crippen molar-refractivity contribution in [3.8, 4) is 22.8 Å². The Bertz CT molecular complexity index is 1180. The van der Waals surface area contributed by atoms with Crippen molar-refractivity contribution in [2.24, 2.45) is 0 Å². The van der Waals surface area contributed by atoms with Crippen LogP contribution in [0.15, 0.2) is 42.5 Å². The fraction of sp³-hybridized carbons (Fsp3) is 0.227. The Morgan fingerprint density at radius 3 is 2.45 bits per heavy atom. The van der Waals surface area contributed by atoms with Crippen LogP contribution in [-0.2, 0) is 4.74 Å². The summed E-state index contributed by atoms with van der Waals surface area (Å²) in [4.78, 5) is 40.8. The van der Waals surface area contributed by atoms with Gasteiger partial charge in [0.2, 0.25) is 0 Å². The summed E-state index contributed by atoms with van der Waals surface area (Å²) in [5, 5.41) is 14.3. The molecule has 1 N–H and O–H groups in total. The number of rotatable bonds is 10. The third-order valence-corrected chi connectivity index (χ3v) is 5.55. The van der Waals surface area contributed by atoms with E-state index < -0.39 is 16.5 Å². The number of thiazole rings is 1. The number of methoxy groups -OCH3 is 2. The van der Waals surface area contributed by atoms with Gasteiger partial charge in [0.15, 0.2) is 22.4 Å². The molecule has 0 atom stereocenters. The van der Waals surface area contributed by atoms with Crippen LogP contribution in [0.2, 0.25) is 0 Å². The van der Waals surface area contributed by atoms with E-state index in [4.69, 9.17) is 14.2 Å². The van der Waals surface area contributed by atoms with E-state index in [9.17, 15) is 19.7 Å². The van der Waals surface area contributed by atoms with Gasteiger partial charge >= 0.3 is 0 Å². The van der Waals surface area contributed by atoms with Crippen molar-refractivity contribution in [1.82, 2.24) is 4.98 Å². The summed E-state index contributed by atoms with van der Waals surface area (Å²) in [7, 11) is 2.86. The lowest BCUT2D eigenvalue weighted by atomic mass is 10.1. The summed E-state index contributed by atoms with van der Waals surface area (Å²) in [5.41, 5.74) is 0.436. The number of anilines is 1. The summed E-state index contributed by atoms with van der Waals surface area (Å²) in [5.74, 6) is -0.725. The first kappa shape index (κ1) is 23.8. The summed E-state index contributed by atoms with van der Waals surface area (Å²) in [6.45, 7) is 1.82. The Kier molecular flexibility index (Phi) is 7.70. The number of nitro groups is 1. The molecule has 1 heterocycles. The maximum Gasteiger partial charge on any atom is 0.286 e. The molecule has 0 fully saturated rings. The van der Waals surface area contributed by atoms with Crippen LogP contribution in [0.1, 0.15) is 27.0 Å². The van der Waals surface area contributed by atoms with E-state index in [-0.39, 0.29) is 41.2 Å². The first-order valence-electron chi connectivity index (χ1n) is 9.72. The van der Waals surface area contributed by atoms with Gasteiger partial charge in [-0.2, -0.15) is 0 Å². The molecule has 3 rings (SSSR count). The number of nitro benzene ring substituents is 1. The number of nitrogens with one attached hydrogen (secondary N) is 1. The molecule has 0 spiro atoms. The second kappa shape index (κ2) is 10.7. The van der Waals surface area contributed by atoms with Crippen molar-refractivity contribution in [2.75, 3.05) is 32.8 Å². The monoisotopic (exact) mass is 471 g/mol. The van der Waals surface area contributed by atoms with Gasteiger partial charge in [-0.1, -0.05) is 41.7 Å². The minimum Gasteiger partial charge on any atom is -0.493 e. The highest BCUT2D eigenvalue weighted by Crippen LogP contribution is 2.36. The summed E-state index contributed by atoms with van der Waals surface area (Å²) in [6.07, 6.45) is 0. The summed E-state index contributed by atoms with van der Waals surface area (Å²) >= 11 is 0.994. The van der Waals surface area contributed by atoms with Crippen LogP contribution >= 0.6 is 11.3 Å². The van der Waals surface area contributed by atoms with E-state index in [1.165, 1.54) is 27.2 Å². The second-order valence-electron chi connectivity index (χ2n) is 6.69. The number of carbonyl (C=O) groups excluding carboxylic acids is 2. The second-order valence-corrected chi connectivity index (χ2v) is 7.69. The van der Waals surface area contributed by atoms with Crippen molar-refractivity contribution in [1.29, 1.82) is 0 Å². The van der Waals surface area contributed by atoms with E-state index in [0.29, 0.717) is 16.1 Å². The normalized spacial score (nSPS) is 10.5. The van der Waals surface area contributed by atoms with E-state index in [1.807, 2.05) is 18.2 Å². The smallest absolute Gasteiger partial charge is 0.286 e. The number of hydrogen-bond acceptors (Lipinski definition) is 9. The fourth-order valence-corrected chi connectivity index (χ4v) is 3.84. The number of ether oxygens (including phenoxy) is 3. The lowest BCUT2D eigenvalue weighted by Crippen LogP contribution is -2.15. The summed E-state index contributed by atoms with van der Waals surface area (Å²) in [6, 6.07) is 11.4. The standard InChI is InChI=1S/C22H21N3O7S/c1-13(26)20-19(14-7-5-4-6-8-14)23-22(33-20)24-21(27)15-11-17(31-3)18(32-10-9-30-2)12-16(15)25(28)29/h4-8,11-12H,9-10H2,1-3H3,(H,23,24,27). The minimum absolute atomic E-state index is 0.109. The van der Waals surface area contributed by atoms with E-state index in [1.54, 1.807) is 12.1 Å². The molecule has 33 heavy (non-hydrogen) atoms. The zero-order valence-corrected chi connectivity index (χ0v) is 18.9. The van der Waals surface area contributed by atoms with Crippen LogP contribution in [-0.4, -0.2) is 49.0 Å². The molecule has 0 aliphatic carbocycles. The number of nitrogens with zero attached hydrogens (tertiary/aromatic N) is 2. The van der Waals surface area contributed by atoms with Crippen molar-refractivity contribution < 1.29 is 28.7 Å². The first-order chi connectivity index (χ1) is 15.8. The molecule has 0 bridgehead atoms. The molecule has 0 radical (unpaired) electrons. The molecule has 172 valence electrons. The van der Waals surface area contributed by atoms with Crippen molar-refractivity contribution >= 4 is 33.8 Å². The van der Waals surface area contributed by atoms with Crippen LogP contribution in [0.25, 0.3) is 11.3 Å². The SMILES string of the molecule is COCCOc1cc([N+](=O)[O-])c(C(=O)Nc2nc(-c3ccccc3)c(C(C)=O)s2)cc1OC. The van der Waals surface area contributed by atoms with Crippen LogP contribution in [0.5, 0.6) is 11.5 Å². The van der Waals surface area contributed by atoms with Gasteiger partial charge in [-0.3, -0.25) is 25.0 Å². The highest BCUT2D eigenvalue weighted by atomic mass is 32.1. The molecule has 0 aliphatic heterocycles. The number of aromatic nitrogens is 1. The van der Waals surface area contributed by atoms with Gasteiger partial charge in [0.05, 0.1) is 35.3 Å². The molecule has 0 saturated carbocycles. The van der Waals surface area contributed by atoms with Crippen LogP contribution in [0.3, 0.4) is 0 Å². The Balaban J connectivity index is 1.95. The van der Waals surface area contributed by atoms with Crippen LogP contribution in [0, 0.1) is 10.1 Å². The van der Waals surface area contributed by atoms with Gasteiger partial charge in [0.25, 0.3) is 11.6 Å². The van der Waals surface area contributed by atoms with E-state index in [0.717, 1.165) is 17.4 Å². The molecular weight excluding hydrogens is 450 g/mol. The largest absolute Gasteiger partial charge is 0.493 e. The highest BCUT2D eigenvalue weighted by molar-refractivity contribution is 7.18. The molecule has 10 nitrogen and oxygen atoms in total. The lowest BCUT2D eigenvalue weighted by Gasteiger charge is -2.12. The van der Waals surface area contributed by atoms with Gasteiger partial charge in [0.1, 0.15) is 12.2 Å². The molecule has 1 aromatic heterocycles. The summed E-state index contributed by atoms with van der Waals surface area (Å²) < 4.78 is 15.6. The zero-order chi connectivity index (χ0) is 24.0. The van der Waals surface area contributed by atoms with E-state index >= 15 is 0 Å². The van der Waals surface area contributed by atoms with Crippen molar-refractivity contribution in [2.45, 2.75) is 6.92 Å². The van der Waals surface area contributed by atoms with Gasteiger partial charge in [-0.15, -0.1) is 0 Å². The van der Waals surface area contributed by atoms with Crippen LogP contribution in [0.4, 0.5) is 10.8 Å². The fourth-order valence-electron chi connectivity index (χ4n) is 2.96. The number of Topliss-reactive ketones (excluding diaryl/α,β-unsaturated/α-hetero) is 1. The minimum atomic E-state index is -0.771. The molecule has 11 heteroatoms. The third kappa shape index (κ3) is 5.51. The van der Waals surface area contributed by atoms with Crippen LogP contribution < -0.4 is 14.8 Å². The highest BCUT2D eigenvalue weighted by Gasteiger charge is 2.26. The maximum absolute atomic E-state index is 13.0. The van der Waals surface area contributed by atoms with Crippen molar-refractivity contribution in [3.63, 3.8) is 0 Å². The van der Waals surface area contributed by atoms with Crippen molar-refractivity contribution in [3.05, 3.63) is 63.0 Å². The first-order valence-corrected chi connectivity index (χ1v) is 10.5. The Morgan fingerprint density at radius 2 is 1.85 bits per heavy atom. The van der Waals surface area contributed by atoms with Gasteiger partial charge in [-0.25, -0.2) is 4.98 Å². The molecule has 2 aromatic carbocycles. The lowest BCUT2D eigenvalue weighted by molar-refractivity contribution is -0.385. The van der Waals surface area contributed by atoms with Gasteiger partial charge in [-0.05, 0) is 0 Å². The maximum atomic E-state index is 13.0. The number of ketones is 1. The quantitative estimate of drug-likeness (QED) is 0.201. The van der Waals surface area contributed by atoms with E-state index in [2.05, 4.69) is 10.3 Å². The zero-order valence-electron chi connectivity index (χ0n) is 18.1. The predicted molar refractivity (Wildman–Crippen MR) is 123 cm³/mol. The van der Waals surface area contributed by atoms with Gasteiger partial charge in [0, 0.05) is 25.7 Å². The predicted octanol–water partition coefficient (Wildman–Crippen LogP) is 4.21. The number of amides is 1. The molecular formula is C22H21N3O7S. The molecule has 1 amide bonds. The number of hydrogen-bond donors (Lipinski definition) is 1. The average molecular weight is 471 g/mol. The Morgan fingerprint density at radius 1 is 1.12 bits per heavy atom. The Labute approximate surface area is 193 Å². The molecule has 3 aromatic rings. The average Bonchev–Trinajstić information content (AvgIpc) is 3.23. The topological polar surface area (TPSA) is 130 Å². The third-order valence-electron chi connectivity index (χ3n) is 4.48. The number of benzene rings is 2. The number of carbonyl (C=O) groups is 2.